The Hall–Kier alpha value is -2.77. The average molecular weight is 334 g/mol. The Bertz CT molecular complexity index is 711. The molecule has 3 rings (SSSR count). The van der Waals surface area contributed by atoms with Crippen LogP contribution >= 0.6 is 0 Å². The van der Waals surface area contributed by atoms with Crippen LogP contribution in [0, 0.1) is 11.6 Å². The van der Waals surface area contributed by atoms with Crippen molar-refractivity contribution in [3.8, 4) is 6.01 Å². The zero-order valence-corrected chi connectivity index (χ0v) is 12.8. The number of likely N-dealkylation sites (tertiary alicyclic amines) is 1. The van der Waals surface area contributed by atoms with E-state index in [0.29, 0.717) is 13.1 Å². The molecule has 24 heavy (non-hydrogen) atoms. The first-order valence-corrected chi connectivity index (χ1v) is 7.56. The zero-order valence-electron chi connectivity index (χ0n) is 12.8. The minimum Gasteiger partial charge on any atom is -0.458 e. The number of halogens is 2. The first kappa shape index (κ1) is 16.1. The van der Waals surface area contributed by atoms with Gasteiger partial charge in [0.25, 0.3) is 0 Å². The molecule has 126 valence electrons. The van der Waals surface area contributed by atoms with E-state index in [-0.39, 0.29) is 17.8 Å². The topological polar surface area (TPSA) is 67.4 Å². The van der Waals surface area contributed by atoms with E-state index in [0.717, 1.165) is 25.2 Å². The van der Waals surface area contributed by atoms with Gasteiger partial charge in [-0.1, -0.05) is 12.1 Å². The van der Waals surface area contributed by atoms with Gasteiger partial charge in [-0.25, -0.2) is 23.5 Å². The molecule has 2 heterocycles. The van der Waals surface area contributed by atoms with Crippen LogP contribution in [0.15, 0.2) is 36.7 Å². The summed E-state index contributed by atoms with van der Waals surface area (Å²) in [4.78, 5) is 21.3. The van der Waals surface area contributed by atoms with E-state index in [1.807, 2.05) is 0 Å². The van der Waals surface area contributed by atoms with Gasteiger partial charge in [-0.2, -0.15) is 0 Å². The number of urea groups is 1. The average Bonchev–Trinajstić information content (AvgIpc) is 2.59. The van der Waals surface area contributed by atoms with Gasteiger partial charge in [0.15, 0.2) is 5.82 Å². The van der Waals surface area contributed by atoms with Crippen LogP contribution in [0.4, 0.5) is 19.3 Å². The number of nitrogens with zero attached hydrogens (tertiary/aromatic N) is 3. The summed E-state index contributed by atoms with van der Waals surface area (Å²) in [5.74, 6) is -1.03. The predicted molar refractivity (Wildman–Crippen MR) is 82.6 cm³/mol. The van der Waals surface area contributed by atoms with Crippen molar-refractivity contribution in [2.75, 3.05) is 18.4 Å². The van der Waals surface area contributed by atoms with Crippen molar-refractivity contribution in [2.45, 2.75) is 18.9 Å². The number of hydrogen-bond acceptors (Lipinski definition) is 4. The smallest absolute Gasteiger partial charge is 0.322 e. The van der Waals surface area contributed by atoms with E-state index in [1.165, 1.54) is 12.1 Å². The minimum atomic E-state index is -0.545. The van der Waals surface area contributed by atoms with Crippen molar-refractivity contribution in [2.24, 2.45) is 0 Å². The normalized spacial score (nSPS) is 17.4. The number of nitrogens with one attached hydrogen (secondary N) is 1. The van der Waals surface area contributed by atoms with Crippen LogP contribution in [-0.2, 0) is 0 Å². The third-order valence-corrected chi connectivity index (χ3v) is 3.65. The Balaban J connectivity index is 1.59. The van der Waals surface area contributed by atoms with Crippen molar-refractivity contribution in [1.29, 1.82) is 0 Å². The number of ether oxygens (including phenoxy) is 1. The van der Waals surface area contributed by atoms with E-state index in [2.05, 4.69) is 15.3 Å². The summed E-state index contributed by atoms with van der Waals surface area (Å²) in [7, 11) is 0. The molecule has 0 saturated carbocycles. The number of rotatable bonds is 3. The fourth-order valence-electron chi connectivity index (χ4n) is 2.49. The Morgan fingerprint density at radius 3 is 2.75 bits per heavy atom. The molecule has 0 aliphatic carbocycles. The molecule has 1 atom stereocenters. The second-order valence-corrected chi connectivity index (χ2v) is 5.42. The molecule has 0 spiro atoms. The van der Waals surface area contributed by atoms with Crippen molar-refractivity contribution in [3.05, 3.63) is 48.3 Å². The summed E-state index contributed by atoms with van der Waals surface area (Å²) in [6.45, 7) is 0.867. The van der Waals surface area contributed by atoms with Crippen LogP contribution in [0.3, 0.4) is 0 Å². The van der Waals surface area contributed by atoms with E-state index >= 15 is 0 Å². The van der Waals surface area contributed by atoms with Gasteiger partial charge >= 0.3 is 12.0 Å². The lowest BCUT2D eigenvalue weighted by molar-refractivity contribution is 0.0980. The largest absolute Gasteiger partial charge is 0.458 e. The molecule has 0 unspecified atom stereocenters. The standard InChI is InChI=1S/C16H16F2N4O2/c17-11-8-19-15(20-9-11)24-12-4-3-7-22(10-12)16(23)21-14-6-2-1-5-13(14)18/h1-2,5-6,8-9,12H,3-4,7,10H2,(H,21,23)/t12-/m0/s1. The van der Waals surface area contributed by atoms with Crippen LogP contribution in [-0.4, -0.2) is 40.1 Å². The zero-order chi connectivity index (χ0) is 16.9. The molecule has 1 saturated heterocycles. The summed E-state index contributed by atoms with van der Waals surface area (Å²) in [5.41, 5.74) is 0.132. The fraction of sp³-hybridized carbons (Fsp3) is 0.312. The minimum absolute atomic E-state index is 0.0674. The second-order valence-electron chi connectivity index (χ2n) is 5.42. The highest BCUT2D eigenvalue weighted by atomic mass is 19.1. The first-order valence-electron chi connectivity index (χ1n) is 7.56. The maximum atomic E-state index is 13.6. The molecular weight excluding hydrogens is 318 g/mol. The van der Waals surface area contributed by atoms with Crippen LogP contribution in [0.25, 0.3) is 0 Å². The highest BCUT2D eigenvalue weighted by molar-refractivity contribution is 5.89. The number of benzene rings is 1. The Kier molecular flexibility index (Phi) is 4.83. The number of anilines is 1. The Morgan fingerprint density at radius 1 is 1.25 bits per heavy atom. The molecule has 1 aromatic heterocycles. The lowest BCUT2D eigenvalue weighted by atomic mass is 10.1. The number of para-hydroxylation sites is 1. The Morgan fingerprint density at radius 2 is 2.00 bits per heavy atom. The molecule has 1 N–H and O–H groups in total. The van der Waals surface area contributed by atoms with Crippen molar-refractivity contribution in [3.63, 3.8) is 0 Å². The van der Waals surface area contributed by atoms with E-state index < -0.39 is 17.7 Å². The van der Waals surface area contributed by atoms with Gasteiger partial charge in [0.2, 0.25) is 0 Å². The summed E-state index contributed by atoms with van der Waals surface area (Å²) in [5, 5.41) is 2.55. The predicted octanol–water partition coefficient (Wildman–Crippen LogP) is 2.83. The third kappa shape index (κ3) is 3.95. The molecule has 1 aliphatic heterocycles. The molecule has 0 bridgehead atoms. The van der Waals surface area contributed by atoms with Gasteiger partial charge < -0.3 is 15.0 Å². The summed E-state index contributed by atoms with van der Waals surface area (Å²) >= 11 is 0. The highest BCUT2D eigenvalue weighted by Gasteiger charge is 2.26. The number of aromatic nitrogens is 2. The second kappa shape index (κ2) is 7.20. The van der Waals surface area contributed by atoms with Crippen molar-refractivity contribution >= 4 is 11.7 Å². The lowest BCUT2D eigenvalue weighted by Gasteiger charge is -2.32. The van der Waals surface area contributed by atoms with Crippen LogP contribution in [0.2, 0.25) is 0 Å². The summed E-state index contributed by atoms with van der Waals surface area (Å²) < 4.78 is 32.0. The number of carbonyl (C=O) groups is 1. The van der Waals surface area contributed by atoms with Crippen LogP contribution < -0.4 is 10.1 Å². The first-order chi connectivity index (χ1) is 11.6. The highest BCUT2D eigenvalue weighted by Crippen LogP contribution is 2.18. The SMILES string of the molecule is O=C(Nc1ccccc1F)N1CCC[C@H](Oc2ncc(F)cn2)C1. The van der Waals surface area contributed by atoms with Crippen LogP contribution in [0.1, 0.15) is 12.8 Å². The molecular formula is C16H16F2N4O2. The molecule has 1 fully saturated rings. The maximum Gasteiger partial charge on any atom is 0.322 e. The summed E-state index contributed by atoms with van der Waals surface area (Å²) in [6.07, 6.45) is 3.21. The molecule has 0 radical (unpaired) electrons. The molecule has 1 aromatic carbocycles. The number of piperidine rings is 1. The number of amides is 2. The van der Waals surface area contributed by atoms with Crippen molar-refractivity contribution < 1.29 is 18.3 Å². The quantitative estimate of drug-likeness (QED) is 0.937. The molecule has 8 heteroatoms. The number of carbonyl (C=O) groups excluding carboxylic acids is 1. The third-order valence-electron chi connectivity index (χ3n) is 3.65. The molecule has 2 aromatic rings. The maximum absolute atomic E-state index is 13.6. The molecule has 1 aliphatic rings. The molecule has 6 nitrogen and oxygen atoms in total. The molecule has 2 amide bonds. The summed E-state index contributed by atoms with van der Waals surface area (Å²) in [6, 6.07) is 5.65. The van der Waals surface area contributed by atoms with Gasteiger partial charge in [0, 0.05) is 6.54 Å². The van der Waals surface area contributed by atoms with Gasteiger partial charge in [-0.05, 0) is 25.0 Å². The van der Waals surface area contributed by atoms with E-state index in [9.17, 15) is 13.6 Å². The van der Waals surface area contributed by atoms with Crippen molar-refractivity contribution in [1.82, 2.24) is 14.9 Å². The van der Waals surface area contributed by atoms with Gasteiger partial charge in [0.1, 0.15) is 11.9 Å². The lowest BCUT2D eigenvalue weighted by Crippen LogP contribution is -2.46. The monoisotopic (exact) mass is 334 g/mol. The van der Waals surface area contributed by atoms with Gasteiger partial charge in [-0.3, -0.25) is 0 Å². The Labute approximate surface area is 137 Å². The fourth-order valence-corrected chi connectivity index (χ4v) is 2.49. The van der Waals surface area contributed by atoms with Gasteiger partial charge in [0.05, 0.1) is 24.6 Å². The van der Waals surface area contributed by atoms with Gasteiger partial charge in [-0.15, -0.1) is 0 Å². The van der Waals surface area contributed by atoms with Crippen LogP contribution in [0.5, 0.6) is 6.01 Å². The van der Waals surface area contributed by atoms with E-state index in [4.69, 9.17) is 4.74 Å². The number of hydrogen-bond donors (Lipinski definition) is 1. The van der Waals surface area contributed by atoms with E-state index in [1.54, 1.807) is 17.0 Å².